The van der Waals surface area contributed by atoms with Crippen molar-refractivity contribution in [3.05, 3.63) is 64.9 Å². The maximum Gasteiger partial charge on any atom is 0.306 e. The second-order valence-corrected chi connectivity index (χ2v) is 5.98. The fraction of sp³-hybridized carbons (Fsp3) is 0.176. The van der Waals surface area contributed by atoms with Gasteiger partial charge in [0, 0.05) is 6.42 Å². The molecule has 0 spiro atoms. The van der Waals surface area contributed by atoms with Crippen molar-refractivity contribution < 1.29 is 13.9 Å². The summed E-state index contributed by atoms with van der Waals surface area (Å²) in [5.41, 5.74) is 1.70. The highest BCUT2D eigenvalue weighted by Gasteiger charge is 2.08. The highest BCUT2D eigenvalue weighted by Crippen LogP contribution is 2.22. The van der Waals surface area contributed by atoms with Gasteiger partial charge in [-0.15, -0.1) is 11.3 Å². The molecule has 1 aromatic heterocycles. The van der Waals surface area contributed by atoms with Crippen LogP contribution in [0.25, 0.3) is 10.2 Å². The van der Waals surface area contributed by atoms with Crippen molar-refractivity contribution >= 4 is 27.5 Å². The summed E-state index contributed by atoms with van der Waals surface area (Å²) in [5, 5.41) is 0.778. The number of aryl methyl sites for hydroxylation is 1. The van der Waals surface area contributed by atoms with Crippen molar-refractivity contribution in [3.63, 3.8) is 0 Å². The van der Waals surface area contributed by atoms with Crippen LogP contribution in [0.2, 0.25) is 0 Å². The minimum Gasteiger partial charge on any atom is -0.458 e. The number of aromatic nitrogens is 1. The zero-order valence-electron chi connectivity index (χ0n) is 11.8. The number of fused-ring (bicyclic) bond motifs is 1. The second kappa shape index (κ2) is 6.66. The minimum atomic E-state index is -0.302. The predicted octanol–water partition coefficient (Wildman–Crippen LogP) is 4.11. The molecule has 0 radical (unpaired) electrons. The molecule has 3 rings (SSSR count). The third-order valence-electron chi connectivity index (χ3n) is 3.20. The van der Waals surface area contributed by atoms with E-state index in [1.807, 2.05) is 24.3 Å². The molecule has 0 amide bonds. The zero-order valence-corrected chi connectivity index (χ0v) is 12.6. The maximum atomic E-state index is 13.0. The first-order valence-electron chi connectivity index (χ1n) is 6.95. The molecular weight excluding hydrogens is 301 g/mol. The number of carbonyl (C=O) groups excluding carboxylic acids is 1. The van der Waals surface area contributed by atoms with Crippen LogP contribution in [0.15, 0.2) is 48.5 Å². The van der Waals surface area contributed by atoms with Crippen LogP contribution in [0.3, 0.4) is 0 Å². The first-order valence-corrected chi connectivity index (χ1v) is 7.77. The summed E-state index contributed by atoms with van der Waals surface area (Å²) in [7, 11) is 0. The van der Waals surface area contributed by atoms with Crippen LogP contribution < -0.4 is 0 Å². The topological polar surface area (TPSA) is 39.2 Å². The molecule has 0 atom stereocenters. The van der Waals surface area contributed by atoms with Gasteiger partial charge in [0.2, 0.25) is 0 Å². The Labute approximate surface area is 131 Å². The molecule has 0 bridgehead atoms. The number of ether oxygens (including phenoxy) is 1. The number of nitrogens with zero attached hydrogens (tertiary/aromatic N) is 1. The Kier molecular flexibility index (Phi) is 4.44. The summed E-state index contributed by atoms with van der Waals surface area (Å²) in [5.74, 6) is -0.594. The molecule has 5 heteroatoms. The van der Waals surface area contributed by atoms with Crippen molar-refractivity contribution in [2.45, 2.75) is 19.4 Å². The molecule has 3 nitrogen and oxygen atoms in total. The average Bonchev–Trinajstić information content (AvgIpc) is 2.94. The number of benzene rings is 2. The number of para-hydroxylation sites is 1. The molecule has 22 heavy (non-hydrogen) atoms. The molecule has 0 aliphatic heterocycles. The summed E-state index contributed by atoms with van der Waals surface area (Å²) < 4.78 is 19.3. The fourth-order valence-electron chi connectivity index (χ4n) is 2.13. The second-order valence-electron chi connectivity index (χ2n) is 4.87. The van der Waals surface area contributed by atoms with Crippen LogP contribution in [0.1, 0.15) is 17.0 Å². The van der Waals surface area contributed by atoms with E-state index in [1.54, 1.807) is 12.1 Å². The maximum absolute atomic E-state index is 13.0. The van der Waals surface area contributed by atoms with Gasteiger partial charge in [-0.2, -0.15) is 0 Å². The minimum absolute atomic E-state index is 0.182. The lowest BCUT2D eigenvalue weighted by molar-refractivity contribution is -0.144. The van der Waals surface area contributed by atoms with E-state index in [2.05, 4.69) is 4.98 Å². The van der Waals surface area contributed by atoms with Crippen LogP contribution in [0.5, 0.6) is 0 Å². The van der Waals surface area contributed by atoms with Crippen molar-refractivity contribution in [2.75, 3.05) is 0 Å². The average molecular weight is 315 g/mol. The number of thiazole rings is 1. The Morgan fingerprint density at radius 3 is 2.86 bits per heavy atom. The van der Waals surface area contributed by atoms with Crippen molar-refractivity contribution in [2.24, 2.45) is 0 Å². The van der Waals surface area contributed by atoms with Gasteiger partial charge in [-0.05, 0) is 36.2 Å². The quantitative estimate of drug-likeness (QED) is 0.665. The van der Waals surface area contributed by atoms with E-state index in [0.717, 1.165) is 20.8 Å². The van der Waals surface area contributed by atoms with Crippen molar-refractivity contribution in [3.8, 4) is 0 Å². The molecule has 112 valence electrons. The normalized spacial score (nSPS) is 10.8. The standard InChI is InChI=1S/C17H14FNO2S/c18-13-5-3-4-12(10-13)8-9-17(20)21-11-16-19-14-6-1-2-7-15(14)22-16/h1-7,10H,8-9,11H2. The summed E-state index contributed by atoms with van der Waals surface area (Å²) in [6, 6.07) is 14.0. The van der Waals surface area contributed by atoms with Crippen LogP contribution in [-0.4, -0.2) is 11.0 Å². The molecular formula is C17H14FNO2S. The van der Waals surface area contributed by atoms with E-state index in [1.165, 1.54) is 23.5 Å². The Morgan fingerprint density at radius 1 is 1.18 bits per heavy atom. The van der Waals surface area contributed by atoms with Gasteiger partial charge in [-0.25, -0.2) is 9.37 Å². The molecule has 2 aromatic carbocycles. The molecule has 0 aliphatic rings. The molecule has 1 heterocycles. The van der Waals surface area contributed by atoms with Gasteiger partial charge in [-0.1, -0.05) is 24.3 Å². The predicted molar refractivity (Wildman–Crippen MR) is 84.1 cm³/mol. The summed E-state index contributed by atoms with van der Waals surface area (Å²) in [4.78, 5) is 16.2. The zero-order chi connectivity index (χ0) is 15.4. The number of carbonyl (C=O) groups is 1. The van der Waals surface area contributed by atoms with E-state index in [-0.39, 0.29) is 24.8 Å². The Hall–Kier alpha value is -2.27. The number of esters is 1. The molecule has 0 saturated heterocycles. The van der Waals surface area contributed by atoms with Gasteiger partial charge in [0.05, 0.1) is 10.2 Å². The highest BCUT2D eigenvalue weighted by atomic mass is 32.1. The highest BCUT2D eigenvalue weighted by molar-refractivity contribution is 7.18. The van der Waals surface area contributed by atoms with E-state index >= 15 is 0 Å². The number of rotatable bonds is 5. The molecule has 0 N–H and O–H groups in total. The van der Waals surface area contributed by atoms with Gasteiger partial charge < -0.3 is 4.74 Å². The third kappa shape index (κ3) is 3.68. The molecule has 0 aliphatic carbocycles. The van der Waals surface area contributed by atoms with Crippen LogP contribution in [0, 0.1) is 5.82 Å². The lowest BCUT2D eigenvalue weighted by Gasteiger charge is -2.03. The van der Waals surface area contributed by atoms with Crippen LogP contribution >= 0.6 is 11.3 Å². The van der Waals surface area contributed by atoms with E-state index < -0.39 is 0 Å². The van der Waals surface area contributed by atoms with E-state index in [9.17, 15) is 9.18 Å². The SMILES string of the molecule is O=C(CCc1cccc(F)c1)OCc1nc2ccccc2s1. The van der Waals surface area contributed by atoms with Crippen LogP contribution in [0.4, 0.5) is 4.39 Å². The van der Waals surface area contributed by atoms with Crippen molar-refractivity contribution in [1.29, 1.82) is 0 Å². The first-order chi connectivity index (χ1) is 10.7. The first kappa shape index (κ1) is 14.7. The largest absolute Gasteiger partial charge is 0.458 e. The Balaban J connectivity index is 1.51. The number of hydrogen-bond acceptors (Lipinski definition) is 4. The van der Waals surface area contributed by atoms with Gasteiger partial charge in [0.15, 0.2) is 0 Å². The molecule has 0 unspecified atom stereocenters. The number of halogens is 1. The summed E-state index contributed by atoms with van der Waals surface area (Å²) >= 11 is 1.52. The third-order valence-corrected chi connectivity index (χ3v) is 4.21. The number of hydrogen-bond donors (Lipinski definition) is 0. The monoisotopic (exact) mass is 315 g/mol. The lowest BCUT2D eigenvalue weighted by Crippen LogP contribution is -2.05. The van der Waals surface area contributed by atoms with E-state index in [4.69, 9.17) is 4.74 Å². The van der Waals surface area contributed by atoms with Crippen molar-refractivity contribution in [1.82, 2.24) is 4.98 Å². The lowest BCUT2D eigenvalue weighted by atomic mass is 10.1. The Bertz CT molecular complexity index is 767. The van der Waals surface area contributed by atoms with Crippen LogP contribution in [-0.2, 0) is 22.6 Å². The van der Waals surface area contributed by atoms with Gasteiger partial charge >= 0.3 is 5.97 Å². The molecule has 3 aromatic rings. The van der Waals surface area contributed by atoms with Gasteiger partial charge in [0.1, 0.15) is 17.4 Å². The fourth-order valence-corrected chi connectivity index (χ4v) is 3.02. The Morgan fingerprint density at radius 2 is 2.05 bits per heavy atom. The summed E-state index contributed by atoms with van der Waals surface area (Å²) in [6.07, 6.45) is 0.699. The van der Waals surface area contributed by atoms with Gasteiger partial charge in [0.25, 0.3) is 0 Å². The van der Waals surface area contributed by atoms with E-state index in [0.29, 0.717) is 6.42 Å². The van der Waals surface area contributed by atoms with Gasteiger partial charge in [-0.3, -0.25) is 4.79 Å². The smallest absolute Gasteiger partial charge is 0.306 e. The molecule has 0 saturated carbocycles. The summed E-state index contributed by atoms with van der Waals surface area (Å²) in [6.45, 7) is 0.182. The molecule has 0 fully saturated rings.